The summed E-state index contributed by atoms with van der Waals surface area (Å²) < 4.78 is 5.22. The van der Waals surface area contributed by atoms with Crippen LogP contribution in [0.25, 0.3) is 0 Å². The Morgan fingerprint density at radius 1 is 1.16 bits per heavy atom. The Balaban J connectivity index is 1.72. The van der Waals surface area contributed by atoms with Gasteiger partial charge in [0, 0.05) is 24.8 Å². The van der Waals surface area contributed by atoms with Crippen molar-refractivity contribution in [2.24, 2.45) is 0 Å². The van der Waals surface area contributed by atoms with Crippen LogP contribution in [-0.4, -0.2) is 37.6 Å². The molecule has 2 amide bonds. The highest BCUT2D eigenvalue weighted by molar-refractivity contribution is 5.96. The molecule has 5 nitrogen and oxygen atoms in total. The SMILES string of the molecule is O=C(CNC(=O)c1ccccc1)NC1CCOCC1. The van der Waals surface area contributed by atoms with E-state index < -0.39 is 0 Å². The first-order valence-electron chi connectivity index (χ1n) is 6.46. The normalized spacial score (nSPS) is 15.8. The molecule has 0 radical (unpaired) electrons. The van der Waals surface area contributed by atoms with Gasteiger partial charge in [-0.05, 0) is 25.0 Å². The number of benzene rings is 1. The van der Waals surface area contributed by atoms with Crippen LogP contribution in [0, 0.1) is 0 Å². The van der Waals surface area contributed by atoms with Crippen LogP contribution in [0.5, 0.6) is 0 Å². The number of rotatable bonds is 4. The third kappa shape index (κ3) is 4.37. The molecular formula is C14H18N2O3. The molecule has 0 unspecified atom stereocenters. The van der Waals surface area contributed by atoms with E-state index in [2.05, 4.69) is 10.6 Å². The molecule has 1 aromatic rings. The first-order valence-corrected chi connectivity index (χ1v) is 6.46. The summed E-state index contributed by atoms with van der Waals surface area (Å²) in [5.41, 5.74) is 0.557. The predicted octanol–water partition coefficient (Wildman–Crippen LogP) is 0.712. The van der Waals surface area contributed by atoms with Crippen molar-refractivity contribution < 1.29 is 14.3 Å². The molecule has 5 heteroatoms. The van der Waals surface area contributed by atoms with Crippen molar-refractivity contribution in [3.05, 3.63) is 35.9 Å². The maximum Gasteiger partial charge on any atom is 0.251 e. The van der Waals surface area contributed by atoms with Crippen molar-refractivity contribution >= 4 is 11.8 Å². The Labute approximate surface area is 112 Å². The second kappa shape index (κ2) is 6.89. The van der Waals surface area contributed by atoms with E-state index in [1.54, 1.807) is 24.3 Å². The van der Waals surface area contributed by atoms with Crippen LogP contribution in [0.4, 0.5) is 0 Å². The smallest absolute Gasteiger partial charge is 0.251 e. The molecule has 1 aliphatic rings. The summed E-state index contributed by atoms with van der Waals surface area (Å²) in [6.07, 6.45) is 1.66. The van der Waals surface area contributed by atoms with E-state index in [4.69, 9.17) is 4.74 Å². The van der Waals surface area contributed by atoms with Gasteiger partial charge in [0.1, 0.15) is 0 Å². The predicted molar refractivity (Wildman–Crippen MR) is 70.8 cm³/mol. The van der Waals surface area contributed by atoms with Gasteiger partial charge in [0.15, 0.2) is 0 Å². The second-order valence-electron chi connectivity index (χ2n) is 4.50. The molecule has 1 aliphatic heterocycles. The molecule has 19 heavy (non-hydrogen) atoms. The molecule has 0 spiro atoms. The van der Waals surface area contributed by atoms with Gasteiger partial charge in [-0.3, -0.25) is 9.59 Å². The van der Waals surface area contributed by atoms with Crippen molar-refractivity contribution in [2.75, 3.05) is 19.8 Å². The lowest BCUT2D eigenvalue weighted by molar-refractivity contribution is -0.121. The number of carbonyl (C=O) groups is 2. The highest BCUT2D eigenvalue weighted by Crippen LogP contribution is 2.05. The zero-order valence-corrected chi connectivity index (χ0v) is 10.7. The van der Waals surface area contributed by atoms with Crippen molar-refractivity contribution in [2.45, 2.75) is 18.9 Å². The molecule has 1 aromatic carbocycles. The molecule has 0 aliphatic carbocycles. The molecule has 2 rings (SSSR count). The molecule has 0 bridgehead atoms. The van der Waals surface area contributed by atoms with E-state index in [1.807, 2.05) is 6.07 Å². The van der Waals surface area contributed by atoms with Crippen LogP contribution < -0.4 is 10.6 Å². The maximum absolute atomic E-state index is 11.7. The van der Waals surface area contributed by atoms with Crippen LogP contribution in [0.1, 0.15) is 23.2 Å². The Morgan fingerprint density at radius 2 is 1.84 bits per heavy atom. The van der Waals surface area contributed by atoms with Crippen LogP contribution in [0.2, 0.25) is 0 Å². The first-order chi connectivity index (χ1) is 9.25. The highest BCUT2D eigenvalue weighted by Gasteiger charge is 2.16. The van der Waals surface area contributed by atoms with Crippen LogP contribution in [0.15, 0.2) is 30.3 Å². The molecule has 1 saturated heterocycles. The Morgan fingerprint density at radius 3 is 2.53 bits per heavy atom. The number of amides is 2. The van der Waals surface area contributed by atoms with Crippen LogP contribution in [-0.2, 0) is 9.53 Å². The molecular weight excluding hydrogens is 244 g/mol. The van der Waals surface area contributed by atoms with Gasteiger partial charge in [-0.1, -0.05) is 18.2 Å². The average Bonchev–Trinajstić information content (AvgIpc) is 2.47. The molecule has 0 atom stereocenters. The van der Waals surface area contributed by atoms with E-state index in [1.165, 1.54) is 0 Å². The number of hydrogen-bond acceptors (Lipinski definition) is 3. The van der Waals surface area contributed by atoms with Gasteiger partial charge in [-0.15, -0.1) is 0 Å². The van der Waals surface area contributed by atoms with Crippen molar-refractivity contribution in [1.82, 2.24) is 10.6 Å². The fourth-order valence-electron chi connectivity index (χ4n) is 1.97. The standard InChI is InChI=1S/C14H18N2O3/c17-13(16-12-6-8-19-9-7-12)10-15-14(18)11-4-2-1-3-5-11/h1-5,12H,6-10H2,(H,15,18)(H,16,17). The lowest BCUT2D eigenvalue weighted by atomic mass is 10.1. The lowest BCUT2D eigenvalue weighted by Gasteiger charge is -2.23. The molecule has 1 heterocycles. The van der Waals surface area contributed by atoms with Gasteiger partial charge in [-0.2, -0.15) is 0 Å². The largest absolute Gasteiger partial charge is 0.381 e. The van der Waals surface area contributed by atoms with Crippen LogP contribution in [0.3, 0.4) is 0 Å². The monoisotopic (exact) mass is 262 g/mol. The van der Waals surface area contributed by atoms with Crippen LogP contribution >= 0.6 is 0 Å². The summed E-state index contributed by atoms with van der Waals surface area (Å²) in [6.45, 7) is 1.37. The van der Waals surface area contributed by atoms with E-state index in [9.17, 15) is 9.59 Å². The van der Waals surface area contributed by atoms with E-state index >= 15 is 0 Å². The topological polar surface area (TPSA) is 67.4 Å². The number of nitrogens with one attached hydrogen (secondary N) is 2. The number of ether oxygens (including phenoxy) is 1. The van der Waals surface area contributed by atoms with E-state index in [0.717, 1.165) is 12.8 Å². The van der Waals surface area contributed by atoms with Crippen molar-refractivity contribution in [1.29, 1.82) is 0 Å². The van der Waals surface area contributed by atoms with E-state index in [0.29, 0.717) is 18.8 Å². The summed E-state index contributed by atoms with van der Waals surface area (Å²) in [5, 5.41) is 5.50. The summed E-state index contributed by atoms with van der Waals surface area (Å²) in [7, 11) is 0. The molecule has 0 saturated carbocycles. The molecule has 0 aromatic heterocycles. The van der Waals surface area contributed by atoms with Gasteiger partial charge in [0.25, 0.3) is 5.91 Å². The zero-order valence-electron chi connectivity index (χ0n) is 10.7. The van der Waals surface area contributed by atoms with Gasteiger partial charge in [0.2, 0.25) is 5.91 Å². The van der Waals surface area contributed by atoms with Crippen molar-refractivity contribution in [3.8, 4) is 0 Å². The van der Waals surface area contributed by atoms with Gasteiger partial charge in [-0.25, -0.2) is 0 Å². The summed E-state index contributed by atoms with van der Waals surface area (Å²) in [5.74, 6) is -0.390. The second-order valence-corrected chi connectivity index (χ2v) is 4.50. The molecule has 1 fully saturated rings. The minimum atomic E-state index is -0.234. The highest BCUT2D eigenvalue weighted by atomic mass is 16.5. The fraction of sp³-hybridized carbons (Fsp3) is 0.429. The summed E-state index contributed by atoms with van der Waals surface area (Å²) in [4.78, 5) is 23.4. The average molecular weight is 262 g/mol. The van der Waals surface area contributed by atoms with E-state index in [-0.39, 0.29) is 24.4 Å². The summed E-state index contributed by atoms with van der Waals surface area (Å²) in [6, 6.07) is 9.01. The fourth-order valence-corrected chi connectivity index (χ4v) is 1.97. The number of hydrogen-bond donors (Lipinski definition) is 2. The lowest BCUT2D eigenvalue weighted by Crippen LogP contribution is -2.44. The van der Waals surface area contributed by atoms with Gasteiger partial charge in [0.05, 0.1) is 6.54 Å². The van der Waals surface area contributed by atoms with Gasteiger partial charge < -0.3 is 15.4 Å². The summed E-state index contributed by atoms with van der Waals surface area (Å²) >= 11 is 0. The first kappa shape index (κ1) is 13.5. The third-order valence-corrected chi connectivity index (χ3v) is 3.03. The molecule has 2 N–H and O–H groups in total. The van der Waals surface area contributed by atoms with Crippen molar-refractivity contribution in [3.63, 3.8) is 0 Å². The molecule has 102 valence electrons. The Hall–Kier alpha value is -1.88. The minimum absolute atomic E-state index is 0.00504. The maximum atomic E-state index is 11.7. The Kier molecular flexibility index (Phi) is 4.92. The zero-order chi connectivity index (χ0) is 13.5. The quantitative estimate of drug-likeness (QED) is 0.840. The number of carbonyl (C=O) groups excluding carboxylic acids is 2. The minimum Gasteiger partial charge on any atom is -0.381 e. The Bertz CT molecular complexity index is 428. The van der Waals surface area contributed by atoms with Gasteiger partial charge >= 0.3 is 0 Å². The third-order valence-electron chi connectivity index (χ3n) is 3.03.